The van der Waals surface area contributed by atoms with Gasteiger partial charge in [0.2, 0.25) is 5.91 Å². The number of ketones is 1. The Kier molecular flexibility index (Phi) is 6.63. The fourth-order valence-corrected chi connectivity index (χ4v) is 2.34. The Bertz CT molecular complexity index is 666. The summed E-state index contributed by atoms with van der Waals surface area (Å²) in [5.41, 5.74) is 1.68. The molecule has 0 spiro atoms. The lowest BCUT2D eigenvalue weighted by Crippen LogP contribution is -2.26. The number of nitrogens with one attached hydrogen (secondary N) is 1. The predicted molar refractivity (Wildman–Crippen MR) is 93.2 cm³/mol. The van der Waals surface area contributed by atoms with Crippen molar-refractivity contribution < 1.29 is 9.59 Å². The Balaban J connectivity index is 1.69. The van der Waals surface area contributed by atoms with Crippen molar-refractivity contribution in [1.82, 2.24) is 5.32 Å². The largest absolute Gasteiger partial charge is 0.356 e. The number of rotatable bonds is 7. The van der Waals surface area contributed by atoms with E-state index in [0.717, 1.165) is 12.0 Å². The monoisotopic (exact) mass is 349 g/mol. The van der Waals surface area contributed by atoms with Crippen molar-refractivity contribution in [2.24, 2.45) is 0 Å². The van der Waals surface area contributed by atoms with Crippen molar-refractivity contribution in [1.29, 1.82) is 0 Å². The first-order valence-corrected chi connectivity index (χ1v) is 8.10. The topological polar surface area (TPSA) is 46.2 Å². The van der Waals surface area contributed by atoms with E-state index in [1.165, 1.54) is 0 Å². The molecule has 0 atom stereocenters. The molecule has 2 aromatic carbocycles. The average molecular weight is 350 g/mol. The molecule has 2 rings (SSSR count). The summed E-state index contributed by atoms with van der Waals surface area (Å²) >= 11 is 11.6. The van der Waals surface area contributed by atoms with Crippen molar-refractivity contribution in [3.05, 3.63) is 69.7 Å². The first-order valence-electron chi connectivity index (χ1n) is 7.34. The molecule has 0 aromatic heterocycles. The van der Waals surface area contributed by atoms with Gasteiger partial charge in [-0.1, -0.05) is 35.3 Å². The molecule has 0 saturated carbocycles. The fourth-order valence-electron chi connectivity index (χ4n) is 2.09. The number of carbonyl (C=O) groups excluding carboxylic acids is 2. The summed E-state index contributed by atoms with van der Waals surface area (Å²) in [6.45, 7) is 0.537. The van der Waals surface area contributed by atoms with Crippen LogP contribution in [0.5, 0.6) is 0 Å². The van der Waals surface area contributed by atoms with Crippen molar-refractivity contribution in [3.8, 4) is 0 Å². The summed E-state index contributed by atoms with van der Waals surface area (Å²) in [5, 5.41) is 4.09. The molecule has 0 saturated heterocycles. The molecule has 0 radical (unpaired) electrons. The van der Waals surface area contributed by atoms with Gasteiger partial charge < -0.3 is 5.32 Å². The number of benzene rings is 2. The fraction of sp³-hybridized carbons (Fsp3) is 0.222. The molecule has 0 bridgehead atoms. The van der Waals surface area contributed by atoms with E-state index in [2.05, 4.69) is 5.32 Å². The minimum Gasteiger partial charge on any atom is -0.356 e. The maximum absolute atomic E-state index is 12.0. The second-order valence-electron chi connectivity index (χ2n) is 5.16. The van der Waals surface area contributed by atoms with Crippen LogP contribution in [0, 0.1) is 0 Å². The number of Topliss-reactive ketones (excluding diaryl/α,β-unsaturated/α-hetero) is 1. The van der Waals surface area contributed by atoms with E-state index in [0.29, 0.717) is 22.2 Å². The SMILES string of the molecule is O=C(CCC(=O)c1ccc(Cl)cc1)NCCc1ccc(Cl)cc1. The van der Waals surface area contributed by atoms with Gasteiger partial charge >= 0.3 is 0 Å². The molecule has 0 aliphatic heterocycles. The van der Waals surface area contributed by atoms with Gasteiger partial charge in [-0.05, 0) is 48.4 Å². The molecule has 0 aliphatic rings. The molecule has 23 heavy (non-hydrogen) atoms. The Labute approximate surface area is 145 Å². The molecule has 120 valence electrons. The summed E-state index contributed by atoms with van der Waals surface area (Å²) in [7, 11) is 0. The third kappa shape index (κ3) is 6.05. The van der Waals surface area contributed by atoms with Gasteiger partial charge in [-0.3, -0.25) is 9.59 Å². The molecular formula is C18H17Cl2NO2. The van der Waals surface area contributed by atoms with E-state index in [4.69, 9.17) is 23.2 Å². The van der Waals surface area contributed by atoms with Gasteiger partial charge in [-0.25, -0.2) is 0 Å². The summed E-state index contributed by atoms with van der Waals surface area (Å²) in [4.78, 5) is 23.7. The van der Waals surface area contributed by atoms with Gasteiger partial charge in [0, 0.05) is 35.0 Å². The van der Waals surface area contributed by atoms with Crippen LogP contribution in [0.4, 0.5) is 0 Å². The maximum atomic E-state index is 12.0. The van der Waals surface area contributed by atoms with Crippen LogP contribution in [0.15, 0.2) is 48.5 Å². The lowest BCUT2D eigenvalue weighted by Gasteiger charge is -2.06. The molecule has 0 unspecified atom stereocenters. The van der Waals surface area contributed by atoms with Gasteiger partial charge in [0.15, 0.2) is 5.78 Å². The summed E-state index contributed by atoms with van der Waals surface area (Å²) in [6, 6.07) is 14.2. The van der Waals surface area contributed by atoms with Crippen LogP contribution in [0.25, 0.3) is 0 Å². The van der Waals surface area contributed by atoms with Crippen LogP contribution in [0.1, 0.15) is 28.8 Å². The first-order chi connectivity index (χ1) is 11.0. The predicted octanol–water partition coefficient (Wildman–Crippen LogP) is 4.32. The van der Waals surface area contributed by atoms with Gasteiger partial charge in [0.25, 0.3) is 0 Å². The zero-order valence-electron chi connectivity index (χ0n) is 12.5. The number of carbonyl (C=O) groups is 2. The van der Waals surface area contributed by atoms with Crippen LogP contribution < -0.4 is 5.32 Å². The minimum absolute atomic E-state index is 0.0606. The normalized spacial score (nSPS) is 10.3. The Morgan fingerprint density at radius 3 is 2.00 bits per heavy atom. The zero-order chi connectivity index (χ0) is 16.7. The standard InChI is InChI=1S/C18H17Cl2NO2/c19-15-5-1-13(2-6-15)11-12-21-18(23)10-9-17(22)14-3-7-16(20)8-4-14/h1-8H,9-12H2,(H,21,23). The number of hydrogen-bond donors (Lipinski definition) is 1. The van der Waals surface area contributed by atoms with Crippen LogP contribution in [-0.4, -0.2) is 18.2 Å². The summed E-state index contributed by atoms with van der Waals surface area (Å²) in [5.74, 6) is -0.184. The van der Waals surface area contributed by atoms with E-state index < -0.39 is 0 Å². The molecule has 2 aromatic rings. The highest BCUT2D eigenvalue weighted by Gasteiger charge is 2.09. The minimum atomic E-state index is -0.124. The molecule has 1 N–H and O–H groups in total. The van der Waals surface area contributed by atoms with Gasteiger partial charge in [-0.2, -0.15) is 0 Å². The second kappa shape index (κ2) is 8.70. The number of amides is 1. The molecule has 1 amide bonds. The molecule has 3 nitrogen and oxygen atoms in total. The average Bonchev–Trinajstić information content (AvgIpc) is 2.55. The van der Waals surface area contributed by atoms with Crippen molar-refractivity contribution in [2.75, 3.05) is 6.54 Å². The lowest BCUT2D eigenvalue weighted by molar-refractivity contribution is -0.121. The maximum Gasteiger partial charge on any atom is 0.220 e. The van der Waals surface area contributed by atoms with Crippen LogP contribution in [0.3, 0.4) is 0 Å². The molecular weight excluding hydrogens is 333 g/mol. The van der Waals surface area contributed by atoms with Gasteiger partial charge in [-0.15, -0.1) is 0 Å². The number of halogens is 2. The first kappa shape index (κ1) is 17.5. The molecule has 5 heteroatoms. The van der Waals surface area contributed by atoms with E-state index >= 15 is 0 Å². The quantitative estimate of drug-likeness (QED) is 0.756. The van der Waals surface area contributed by atoms with Crippen molar-refractivity contribution in [3.63, 3.8) is 0 Å². The van der Waals surface area contributed by atoms with Crippen LogP contribution >= 0.6 is 23.2 Å². The Morgan fingerprint density at radius 2 is 1.39 bits per heavy atom. The highest BCUT2D eigenvalue weighted by molar-refractivity contribution is 6.30. The third-order valence-electron chi connectivity index (χ3n) is 3.39. The van der Waals surface area contributed by atoms with Crippen LogP contribution in [-0.2, 0) is 11.2 Å². The number of hydrogen-bond acceptors (Lipinski definition) is 2. The van der Waals surface area contributed by atoms with E-state index in [9.17, 15) is 9.59 Å². The highest BCUT2D eigenvalue weighted by Crippen LogP contribution is 2.12. The molecule has 0 fully saturated rings. The van der Waals surface area contributed by atoms with Crippen LogP contribution in [0.2, 0.25) is 10.0 Å². The smallest absolute Gasteiger partial charge is 0.220 e. The van der Waals surface area contributed by atoms with Crippen molar-refractivity contribution >= 4 is 34.9 Å². The zero-order valence-corrected chi connectivity index (χ0v) is 14.0. The summed E-state index contributed by atoms with van der Waals surface area (Å²) < 4.78 is 0. The van der Waals surface area contributed by atoms with Crippen molar-refractivity contribution in [2.45, 2.75) is 19.3 Å². The van der Waals surface area contributed by atoms with E-state index in [-0.39, 0.29) is 24.5 Å². The lowest BCUT2D eigenvalue weighted by atomic mass is 10.1. The third-order valence-corrected chi connectivity index (χ3v) is 3.90. The Morgan fingerprint density at radius 1 is 0.826 bits per heavy atom. The van der Waals surface area contributed by atoms with Gasteiger partial charge in [0.05, 0.1) is 0 Å². The second-order valence-corrected chi connectivity index (χ2v) is 6.03. The Hall–Kier alpha value is -1.84. The summed E-state index contributed by atoms with van der Waals surface area (Å²) in [6.07, 6.45) is 1.10. The molecule has 0 aliphatic carbocycles. The van der Waals surface area contributed by atoms with E-state index in [1.54, 1.807) is 24.3 Å². The van der Waals surface area contributed by atoms with Gasteiger partial charge in [0.1, 0.15) is 0 Å². The highest BCUT2D eigenvalue weighted by atomic mass is 35.5. The molecule has 0 heterocycles. The van der Waals surface area contributed by atoms with E-state index in [1.807, 2.05) is 24.3 Å².